The molecule has 0 unspecified atom stereocenters. The van der Waals surface area contributed by atoms with E-state index in [1.807, 2.05) is 31.2 Å². The summed E-state index contributed by atoms with van der Waals surface area (Å²) in [6.07, 6.45) is -0.335. The molecule has 1 saturated heterocycles. The maximum Gasteiger partial charge on any atom is 0.407 e. The first-order valence-electron chi connectivity index (χ1n) is 9.86. The molecule has 0 radical (unpaired) electrons. The van der Waals surface area contributed by atoms with Crippen LogP contribution in [0, 0.1) is 6.92 Å². The maximum absolute atomic E-state index is 12.3. The van der Waals surface area contributed by atoms with Gasteiger partial charge in [0.05, 0.1) is 0 Å². The van der Waals surface area contributed by atoms with Crippen molar-refractivity contribution in [3.8, 4) is 5.75 Å². The van der Waals surface area contributed by atoms with E-state index < -0.39 is 11.7 Å². The Bertz CT molecular complexity index is 704. The van der Waals surface area contributed by atoms with Crippen LogP contribution in [0.5, 0.6) is 5.75 Å². The van der Waals surface area contributed by atoms with Gasteiger partial charge in [0.25, 0.3) is 5.91 Å². The average Bonchev–Trinajstić information content (AvgIpc) is 2.66. The van der Waals surface area contributed by atoms with Crippen LogP contribution in [0.15, 0.2) is 24.3 Å². The molecule has 1 heterocycles. The van der Waals surface area contributed by atoms with Crippen molar-refractivity contribution in [2.75, 3.05) is 39.3 Å². The van der Waals surface area contributed by atoms with Crippen molar-refractivity contribution >= 4 is 17.9 Å². The highest BCUT2D eigenvalue weighted by atomic mass is 16.6. The molecule has 3 amide bonds. The maximum atomic E-state index is 12.3. The van der Waals surface area contributed by atoms with E-state index >= 15 is 0 Å². The van der Waals surface area contributed by atoms with Crippen molar-refractivity contribution in [2.45, 2.75) is 39.7 Å². The quantitative estimate of drug-likeness (QED) is 0.782. The largest absolute Gasteiger partial charge is 0.484 e. The van der Waals surface area contributed by atoms with Crippen molar-refractivity contribution in [3.63, 3.8) is 0 Å². The Kier molecular flexibility index (Phi) is 7.87. The summed E-state index contributed by atoms with van der Waals surface area (Å²) in [6.45, 7) is 9.43. The fourth-order valence-corrected chi connectivity index (χ4v) is 2.82. The van der Waals surface area contributed by atoms with Crippen LogP contribution in [0.3, 0.4) is 0 Å². The Morgan fingerprint density at radius 3 is 2.07 bits per heavy atom. The molecular weight excluding hydrogens is 374 g/mol. The van der Waals surface area contributed by atoms with E-state index in [0.717, 1.165) is 5.56 Å². The van der Waals surface area contributed by atoms with Gasteiger partial charge in [-0.1, -0.05) is 17.7 Å². The molecule has 8 nitrogen and oxygen atoms in total. The van der Waals surface area contributed by atoms with Gasteiger partial charge in [-0.05, 0) is 39.8 Å². The number of piperazine rings is 1. The van der Waals surface area contributed by atoms with Crippen molar-refractivity contribution < 1.29 is 23.9 Å². The molecule has 0 aliphatic carbocycles. The van der Waals surface area contributed by atoms with Crippen LogP contribution in [-0.2, 0) is 14.3 Å². The summed E-state index contributed by atoms with van der Waals surface area (Å²) >= 11 is 0. The standard InChI is InChI=1S/C21H31N3O5/c1-16-5-7-17(8-6-16)28-15-19(26)24-13-11-23(12-14-24)18(25)9-10-22-20(27)29-21(2,3)4/h5-8H,9-15H2,1-4H3,(H,22,27). The number of carbonyl (C=O) groups is 3. The molecular formula is C21H31N3O5. The lowest BCUT2D eigenvalue weighted by atomic mass is 10.2. The predicted molar refractivity (Wildman–Crippen MR) is 109 cm³/mol. The van der Waals surface area contributed by atoms with Crippen LogP contribution < -0.4 is 10.1 Å². The first kappa shape index (κ1) is 22.5. The normalized spacial score (nSPS) is 14.3. The smallest absolute Gasteiger partial charge is 0.407 e. The first-order chi connectivity index (χ1) is 13.6. The monoisotopic (exact) mass is 405 g/mol. The van der Waals surface area contributed by atoms with Crippen LogP contribution >= 0.6 is 0 Å². The fourth-order valence-electron chi connectivity index (χ4n) is 2.82. The van der Waals surface area contributed by atoms with Gasteiger partial charge in [0.1, 0.15) is 11.4 Å². The zero-order valence-electron chi connectivity index (χ0n) is 17.7. The number of nitrogens with one attached hydrogen (secondary N) is 1. The highest BCUT2D eigenvalue weighted by molar-refractivity contribution is 5.79. The molecule has 1 aliphatic heterocycles. The second-order valence-electron chi connectivity index (χ2n) is 8.04. The van der Waals surface area contributed by atoms with Crippen LogP contribution in [-0.4, -0.2) is 72.6 Å². The molecule has 1 aromatic carbocycles. The zero-order chi connectivity index (χ0) is 21.4. The van der Waals surface area contributed by atoms with E-state index in [1.165, 1.54) is 0 Å². The number of hydrogen-bond donors (Lipinski definition) is 1. The highest BCUT2D eigenvalue weighted by Crippen LogP contribution is 2.12. The van der Waals surface area contributed by atoms with Gasteiger partial charge in [-0.15, -0.1) is 0 Å². The highest BCUT2D eigenvalue weighted by Gasteiger charge is 2.24. The summed E-state index contributed by atoms with van der Waals surface area (Å²) in [7, 11) is 0. The minimum Gasteiger partial charge on any atom is -0.484 e. The summed E-state index contributed by atoms with van der Waals surface area (Å²) in [4.78, 5) is 39.6. The minimum atomic E-state index is -0.569. The summed E-state index contributed by atoms with van der Waals surface area (Å²) in [6, 6.07) is 7.54. The van der Waals surface area contributed by atoms with Crippen molar-refractivity contribution in [1.82, 2.24) is 15.1 Å². The predicted octanol–water partition coefficient (Wildman–Crippen LogP) is 1.96. The van der Waals surface area contributed by atoms with Gasteiger partial charge >= 0.3 is 6.09 Å². The van der Waals surface area contributed by atoms with E-state index in [1.54, 1.807) is 30.6 Å². The lowest BCUT2D eigenvalue weighted by Gasteiger charge is -2.34. The number of nitrogens with zero attached hydrogens (tertiary/aromatic N) is 2. The third-order valence-corrected chi connectivity index (χ3v) is 4.38. The number of carbonyl (C=O) groups excluding carboxylic acids is 3. The number of ether oxygens (including phenoxy) is 2. The molecule has 2 rings (SSSR count). The molecule has 0 saturated carbocycles. The van der Waals surface area contributed by atoms with Crippen LogP contribution in [0.4, 0.5) is 4.79 Å². The van der Waals surface area contributed by atoms with Crippen molar-refractivity contribution in [1.29, 1.82) is 0 Å². The van der Waals surface area contributed by atoms with Crippen molar-refractivity contribution in [3.05, 3.63) is 29.8 Å². The van der Waals surface area contributed by atoms with Gasteiger partial charge in [0.2, 0.25) is 5.91 Å². The Hall–Kier alpha value is -2.77. The van der Waals surface area contributed by atoms with E-state index in [9.17, 15) is 14.4 Å². The Morgan fingerprint density at radius 2 is 1.52 bits per heavy atom. The number of amides is 3. The number of benzene rings is 1. The molecule has 0 spiro atoms. The lowest BCUT2D eigenvalue weighted by Crippen LogP contribution is -2.52. The van der Waals surface area contributed by atoms with Crippen LogP contribution in [0.25, 0.3) is 0 Å². The van der Waals surface area contributed by atoms with E-state index in [4.69, 9.17) is 9.47 Å². The third-order valence-electron chi connectivity index (χ3n) is 4.38. The van der Waals surface area contributed by atoms with Gasteiger partial charge in [-0.2, -0.15) is 0 Å². The van der Waals surface area contributed by atoms with Crippen LogP contribution in [0.1, 0.15) is 32.8 Å². The fraction of sp³-hybridized carbons (Fsp3) is 0.571. The second kappa shape index (κ2) is 10.1. The third kappa shape index (κ3) is 8.01. The second-order valence-corrected chi connectivity index (χ2v) is 8.04. The number of rotatable bonds is 6. The molecule has 29 heavy (non-hydrogen) atoms. The first-order valence-corrected chi connectivity index (χ1v) is 9.86. The topological polar surface area (TPSA) is 88.2 Å². The zero-order valence-corrected chi connectivity index (χ0v) is 17.7. The molecule has 0 bridgehead atoms. The lowest BCUT2D eigenvalue weighted by molar-refractivity contribution is -0.140. The summed E-state index contributed by atoms with van der Waals surface area (Å²) in [5.41, 5.74) is 0.561. The number of alkyl carbamates (subject to hydrolysis) is 1. The number of hydrogen-bond acceptors (Lipinski definition) is 5. The van der Waals surface area contributed by atoms with Gasteiger partial charge in [0.15, 0.2) is 6.61 Å². The van der Waals surface area contributed by atoms with E-state index in [0.29, 0.717) is 31.9 Å². The summed E-state index contributed by atoms with van der Waals surface area (Å²) in [5, 5.41) is 2.58. The summed E-state index contributed by atoms with van der Waals surface area (Å²) in [5.74, 6) is 0.517. The molecule has 160 valence electrons. The Morgan fingerprint density at radius 1 is 0.966 bits per heavy atom. The molecule has 1 fully saturated rings. The van der Waals surface area contributed by atoms with E-state index in [2.05, 4.69) is 5.32 Å². The van der Waals surface area contributed by atoms with Crippen LogP contribution in [0.2, 0.25) is 0 Å². The SMILES string of the molecule is Cc1ccc(OCC(=O)N2CCN(C(=O)CCNC(=O)OC(C)(C)C)CC2)cc1. The minimum absolute atomic E-state index is 0.0170. The summed E-state index contributed by atoms with van der Waals surface area (Å²) < 4.78 is 10.7. The molecule has 1 aliphatic rings. The van der Waals surface area contributed by atoms with Gasteiger partial charge in [-0.25, -0.2) is 4.79 Å². The van der Waals surface area contributed by atoms with Gasteiger partial charge in [-0.3, -0.25) is 9.59 Å². The molecule has 1 N–H and O–H groups in total. The van der Waals surface area contributed by atoms with E-state index in [-0.39, 0.29) is 31.4 Å². The van der Waals surface area contributed by atoms with Gasteiger partial charge < -0.3 is 24.6 Å². The molecule has 0 aromatic heterocycles. The molecule has 0 atom stereocenters. The van der Waals surface area contributed by atoms with Crippen molar-refractivity contribution in [2.24, 2.45) is 0 Å². The molecule has 1 aromatic rings. The average molecular weight is 405 g/mol. The Labute approximate surface area is 172 Å². The van der Waals surface area contributed by atoms with Gasteiger partial charge in [0, 0.05) is 39.1 Å². The molecule has 8 heteroatoms. The number of aryl methyl sites for hydroxylation is 1. The Balaban J connectivity index is 1.65.